The van der Waals surface area contributed by atoms with Crippen molar-refractivity contribution in [2.45, 2.75) is 38.3 Å². The van der Waals surface area contributed by atoms with Gasteiger partial charge in [-0.1, -0.05) is 11.4 Å². The van der Waals surface area contributed by atoms with E-state index in [9.17, 15) is 5.11 Å². The fourth-order valence-corrected chi connectivity index (χ4v) is 3.01. The molecule has 0 spiro atoms. The van der Waals surface area contributed by atoms with Crippen LogP contribution in [0.1, 0.15) is 31.9 Å². The number of nitrogens with one attached hydrogen (secondary N) is 1. The number of hydrogen-bond acceptors (Lipinski definition) is 7. The molecule has 2 N–H and O–H groups in total. The van der Waals surface area contributed by atoms with E-state index in [4.69, 9.17) is 4.74 Å². The number of aliphatic hydroxyl groups is 1. The van der Waals surface area contributed by atoms with Crippen molar-refractivity contribution in [2.75, 3.05) is 38.7 Å². The van der Waals surface area contributed by atoms with E-state index >= 15 is 0 Å². The molecule has 1 aliphatic heterocycles. The van der Waals surface area contributed by atoms with E-state index < -0.39 is 5.60 Å². The molecule has 0 amide bonds. The van der Waals surface area contributed by atoms with E-state index in [-0.39, 0.29) is 0 Å². The molecule has 1 aromatic rings. The van der Waals surface area contributed by atoms with Gasteiger partial charge in [0.15, 0.2) is 0 Å². The summed E-state index contributed by atoms with van der Waals surface area (Å²) in [5.74, 6) is 0. The van der Waals surface area contributed by atoms with Crippen molar-refractivity contribution in [1.82, 2.24) is 14.5 Å². The van der Waals surface area contributed by atoms with Crippen LogP contribution < -0.4 is 5.32 Å². The maximum atomic E-state index is 10.5. The largest absolute Gasteiger partial charge is 0.388 e. The molecule has 1 aromatic heterocycles. The summed E-state index contributed by atoms with van der Waals surface area (Å²) in [5, 5.41) is 19.1. The van der Waals surface area contributed by atoms with Crippen LogP contribution in [0.25, 0.3) is 0 Å². The van der Waals surface area contributed by atoms with Crippen LogP contribution in [-0.2, 0) is 11.3 Å². The Hall–Kier alpha value is -0.760. The molecular weight excluding hydrogens is 276 g/mol. The molecule has 2 rings (SSSR count). The monoisotopic (exact) mass is 300 g/mol. The highest BCUT2D eigenvalue weighted by Crippen LogP contribution is 2.23. The van der Waals surface area contributed by atoms with Crippen LogP contribution in [0.15, 0.2) is 0 Å². The minimum absolute atomic E-state index is 0.631. The molecule has 1 fully saturated rings. The van der Waals surface area contributed by atoms with E-state index in [1.807, 2.05) is 7.05 Å². The van der Waals surface area contributed by atoms with Gasteiger partial charge < -0.3 is 15.2 Å². The zero-order valence-electron chi connectivity index (χ0n) is 12.3. The Balaban J connectivity index is 1.87. The molecule has 0 bridgehead atoms. The first-order valence-electron chi connectivity index (χ1n) is 7.17. The minimum Gasteiger partial charge on any atom is -0.388 e. The van der Waals surface area contributed by atoms with Gasteiger partial charge in [0.1, 0.15) is 10.7 Å². The SMILES string of the molecule is CCCNc1snnc1CN(C)CC1(O)CCOCC1. The van der Waals surface area contributed by atoms with Crippen molar-refractivity contribution >= 4 is 16.5 Å². The van der Waals surface area contributed by atoms with E-state index in [2.05, 4.69) is 26.7 Å². The Morgan fingerprint density at radius 1 is 1.45 bits per heavy atom. The predicted molar refractivity (Wildman–Crippen MR) is 80.0 cm³/mol. The molecular formula is C13H24N4O2S. The van der Waals surface area contributed by atoms with Crippen LogP contribution in [0.2, 0.25) is 0 Å². The fourth-order valence-electron chi connectivity index (χ4n) is 2.41. The predicted octanol–water partition coefficient (Wildman–Crippen LogP) is 1.33. The molecule has 0 radical (unpaired) electrons. The first kappa shape index (κ1) is 15.6. The Morgan fingerprint density at radius 3 is 2.90 bits per heavy atom. The lowest BCUT2D eigenvalue weighted by Gasteiger charge is -2.35. The lowest BCUT2D eigenvalue weighted by atomic mass is 9.94. The molecule has 0 atom stereocenters. The van der Waals surface area contributed by atoms with E-state index in [0.717, 1.165) is 23.7 Å². The topological polar surface area (TPSA) is 70.5 Å². The maximum Gasteiger partial charge on any atom is 0.134 e. The van der Waals surface area contributed by atoms with Crippen LogP contribution in [0.3, 0.4) is 0 Å². The van der Waals surface area contributed by atoms with Gasteiger partial charge in [0.2, 0.25) is 0 Å². The summed E-state index contributed by atoms with van der Waals surface area (Å²) in [6.45, 7) is 5.69. The molecule has 20 heavy (non-hydrogen) atoms. The summed E-state index contributed by atoms with van der Waals surface area (Å²) in [5.41, 5.74) is 0.328. The van der Waals surface area contributed by atoms with Crippen molar-refractivity contribution in [3.05, 3.63) is 5.69 Å². The first-order chi connectivity index (χ1) is 9.63. The standard InChI is InChI=1S/C13H24N4O2S/c1-3-6-14-12-11(15-16-20-12)9-17(2)10-13(18)4-7-19-8-5-13/h14,18H,3-10H2,1-2H3. The van der Waals surface area contributed by atoms with Gasteiger partial charge in [0.05, 0.1) is 5.60 Å². The summed E-state index contributed by atoms with van der Waals surface area (Å²) in [6.07, 6.45) is 2.48. The second-order valence-corrected chi connectivity index (χ2v) is 6.24. The second kappa shape index (κ2) is 7.31. The summed E-state index contributed by atoms with van der Waals surface area (Å²) in [6, 6.07) is 0. The Kier molecular flexibility index (Phi) is 5.71. The van der Waals surface area contributed by atoms with Gasteiger partial charge in [-0.15, -0.1) is 5.10 Å². The van der Waals surface area contributed by atoms with Crippen LogP contribution in [0.5, 0.6) is 0 Å². The highest BCUT2D eigenvalue weighted by molar-refractivity contribution is 7.10. The molecule has 0 saturated carbocycles. The van der Waals surface area contributed by atoms with Gasteiger partial charge in [-0.25, -0.2) is 0 Å². The van der Waals surface area contributed by atoms with Crippen molar-refractivity contribution < 1.29 is 9.84 Å². The highest BCUT2D eigenvalue weighted by atomic mass is 32.1. The third-order valence-corrected chi connectivity index (χ3v) is 4.22. The van der Waals surface area contributed by atoms with Gasteiger partial charge in [-0.3, -0.25) is 4.90 Å². The number of rotatable bonds is 7. The Morgan fingerprint density at radius 2 is 2.20 bits per heavy atom. The van der Waals surface area contributed by atoms with E-state index in [1.54, 1.807) is 0 Å². The average molecular weight is 300 g/mol. The minimum atomic E-state index is -0.631. The number of hydrogen-bond donors (Lipinski definition) is 2. The number of anilines is 1. The van der Waals surface area contributed by atoms with Gasteiger partial charge in [0, 0.05) is 57.2 Å². The van der Waals surface area contributed by atoms with Crippen molar-refractivity contribution in [3.8, 4) is 0 Å². The van der Waals surface area contributed by atoms with Crippen LogP contribution in [-0.4, -0.2) is 58.5 Å². The van der Waals surface area contributed by atoms with Gasteiger partial charge >= 0.3 is 0 Å². The molecule has 7 heteroatoms. The van der Waals surface area contributed by atoms with Crippen LogP contribution in [0.4, 0.5) is 5.00 Å². The Labute approximate surface area is 124 Å². The first-order valence-corrected chi connectivity index (χ1v) is 7.94. The fraction of sp³-hybridized carbons (Fsp3) is 0.846. The highest BCUT2D eigenvalue weighted by Gasteiger charge is 2.31. The van der Waals surface area contributed by atoms with Crippen molar-refractivity contribution in [1.29, 1.82) is 0 Å². The summed E-state index contributed by atoms with van der Waals surface area (Å²) in [4.78, 5) is 2.11. The summed E-state index contributed by atoms with van der Waals surface area (Å²) < 4.78 is 9.32. The van der Waals surface area contributed by atoms with Crippen LogP contribution in [0, 0.1) is 0 Å². The number of nitrogens with zero attached hydrogens (tertiary/aromatic N) is 3. The molecule has 6 nitrogen and oxygen atoms in total. The van der Waals surface area contributed by atoms with Crippen molar-refractivity contribution in [3.63, 3.8) is 0 Å². The zero-order valence-corrected chi connectivity index (χ0v) is 13.1. The normalized spacial score (nSPS) is 18.4. The molecule has 114 valence electrons. The second-order valence-electron chi connectivity index (χ2n) is 5.48. The Bertz CT molecular complexity index is 407. The number of aromatic nitrogens is 2. The molecule has 1 saturated heterocycles. The summed E-state index contributed by atoms with van der Waals surface area (Å²) in [7, 11) is 2.01. The van der Waals surface area contributed by atoms with Crippen molar-refractivity contribution in [2.24, 2.45) is 0 Å². The average Bonchev–Trinajstić information content (AvgIpc) is 2.83. The smallest absolute Gasteiger partial charge is 0.134 e. The van der Waals surface area contributed by atoms with E-state index in [0.29, 0.717) is 39.1 Å². The quantitative estimate of drug-likeness (QED) is 0.792. The van der Waals surface area contributed by atoms with Crippen LogP contribution >= 0.6 is 11.5 Å². The zero-order chi connectivity index (χ0) is 14.4. The summed E-state index contributed by atoms with van der Waals surface area (Å²) >= 11 is 1.40. The van der Waals surface area contributed by atoms with Gasteiger partial charge in [0.25, 0.3) is 0 Å². The third kappa shape index (κ3) is 4.37. The number of ether oxygens (including phenoxy) is 1. The molecule has 0 unspecified atom stereocenters. The lowest BCUT2D eigenvalue weighted by molar-refractivity contribution is -0.0778. The maximum absolute atomic E-state index is 10.5. The van der Waals surface area contributed by atoms with Gasteiger partial charge in [-0.2, -0.15) is 0 Å². The molecule has 0 aliphatic carbocycles. The number of likely N-dealkylation sites (N-methyl/N-ethyl adjacent to an activating group) is 1. The molecule has 2 heterocycles. The van der Waals surface area contributed by atoms with Gasteiger partial charge in [-0.05, 0) is 13.5 Å². The lowest BCUT2D eigenvalue weighted by Crippen LogP contribution is -2.45. The van der Waals surface area contributed by atoms with E-state index in [1.165, 1.54) is 11.5 Å². The third-order valence-electron chi connectivity index (χ3n) is 3.50. The molecule has 0 aromatic carbocycles. The molecule has 1 aliphatic rings.